The second-order valence-corrected chi connectivity index (χ2v) is 8.06. The van der Waals surface area contributed by atoms with Crippen LogP contribution in [0.15, 0.2) is 35.1 Å². The van der Waals surface area contributed by atoms with E-state index in [2.05, 4.69) is 10.6 Å². The average molecular weight is 405 g/mol. The topological polar surface area (TPSA) is 85.1 Å². The van der Waals surface area contributed by atoms with Gasteiger partial charge in [-0.05, 0) is 31.9 Å². The Balaban J connectivity index is 1.98. The van der Waals surface area contributed by atoms with Crippen molar-refractivity contribution in [2.45, 2.75) is 33.7 Å². The number of aromatic nitrogens is 2. The molecule has 0 aliphatic heterocycles. The van der Waals surface area contributed by atoms with Gasteiger partial charge in [0.05, 0.1) is 22.9 Å². The van der Waals surface area contributed by atoms with Crippen LogP contribution in [0.25, 0.3) is 5.69 Å². The molecule has 1 aromatic heterocycles. The molecule has 2 N–H and O–H groups in total. The van der Waals surface area contributed by atoms with Crippen LogP contribution >= 0.6 is 11.8 Å². The van der Waals surface area contributed by atoms with Crippen LogP contribution in [-0.4, -0.2) is 38.7 Å². The van der Waals surface area contributed by atoms with Crippen molar-refractivity contribution < 1.29 is 9.59 Å². The van der Waals surface area contributed by atoms with Gasteiger partial charge in [-0.15, -0.1) is 11.8 Å². The Labute approximate surface area is 169 Å². The van der Waals surface area contributed by atoms with E-state index in [1.54, 1.807) is 18.7 Å². The standard InChI is InChI=1S/C20H28N4O3S/c1-13(2)14(3)21-17(25)11-28-12-18(26)22-19-15(4)23(5)24(20(19)27)16-9-7-6-8-10-16/h6-10,13-14H,11-12H2,1-5H3,(H,21,25)(H,22,26). The summed E-state index contributed by atoms with van der Waals surface area (Å²) in [7, 11) is 1.77. The van der Waals surface area contributed by atoms with E-state index in [1.165, 1.54) is 16.4 Å². The minimum absolute atomic E-state index is 0.0883. The Bertz CT molecular complexity index is 887. The van der Waals surface area contributed by atoms with Gasteiger partial charge in [0.2, 0.25) is 11.8 Å². The first kappa shape index (κ1) is 21.8. The molecule has 2 rings (SSSR count). The van der Waals surface area contributed by atoms with Gasteiger partial charge >= 0.3 is 0 Å². The van der Waals surface area contributed by atoms with E-state index in [0.717, 1.165) is 5.69 Å². The highest BCUT2D eigenvalue weighted by Crippen LogP contribution is 2.14. The minimum atomic E-state index is -0.305. The van der Waals surface area contributed by atoms with E-state index in [0.29, 0.717) is 11.6 Å². The van der Waals surface area contributed by atoms with E-state index < -0.39 is 0 Å². The number of hydrogen-bond acceptors (Lipinski definition) is 4. The predicted molar refractivity (Wildman–Crippen MR) is 114 cm³/mol. The molecule has 0 aliphatic rings. The normalized spacial score (nSPS) is 12.1. The summed E-state index contributed by atoms with van der Waals surface area (Å²) in [6.45, 7) is 7.81. The largest absolute Gasteiger partial charge is 0.353 e. The number of nitrogens with zero attached hydrogens (tertiary/aromatic N) is 2. The van der Waals surface area contributed by atoms with Crippen molar-refractivity contribution in [2.75, 3.05) is 16.8 Å². The summed E-state index contributed by atoms with van der Waals surface area (Å²) < 4.78 is 3.22. The first-order valence-corrected chi connectivity index (χ1v) is 10.4. The van der Waals surface area contributed by atoms with E-state index in [1.807, 2.05) is 51.1 Å². The molecule has 152 valence electrons. The van der Waals surface area contributed by atoms with Crippen LogP contribution in [0.2, 0.25) is 0 Å². The van der Waals surface area contributed by atoms with Crippen LogP contribution < -0.4 is 16.2 Å². The summed E-state index contributed by atoms with van der Waals surface area (Å²) >= 11 is 1.22. The lowest BCUT2D eigenvalue weighted by Gasteiger charge is -2.17. The van der Waals surface area contributed by atoms with Gasteiger partial charge in [-0.3, -0.25) is 19.1 Å². The molecule has 2 aromatic rings. The maximum absolute atomic E-state index is 12.8. The lowest BCUT2D eigenvalue weighted by Crippen LogP contribution is -2.37. The van der Waals surface area contributed by atoms with Gasteiger partial charge in [-0.2, -0.15) is 0 Å². The zero-order valence-corrected chi connectivity index (χ0v) is 17.8. The fourth-order valence-electron chi connectivity index (χ4n) is 2.59. The molecule has 0 bridgehead atoms. The molecule has 0 radical (unpaired) electrons. The first-order chi connectivity index (χ1) is 13.2. The Kier molecular flexibility index (Phi) is 7.51. The molecule has 0 saturated carbocycles. The third kappa shape index (κ3) is 5.28. The third-order valence-electron chi connectivity index (χ3n) is 4.67. The molecule has 0 saturated heterocycles. The Morgan fingerprint density at radius 1 is 1.07 bits per heavy atom. The maximum atomic E-state index is 12.8. The van der Waals surface area contributed by atoms with Crippen LogP contribution in [-0.2, 0) is 16.6 Å². The second kappa shape index (κ2) is 9.64. The van der Waals surface area contributed by atoms with Crippen LogP contribution in [0.3, 0.4) is 0 Å². The summed E-state index contributed by atoms with van der Waals surface area (Å²) in [5.74, 6) is 0.252. The SMILES string of the molecule is Cc1c(NC(=O)CSCC(=O)NC(C)C(C)C)c(=O)n(-c2ccccc2)n1C. The number of carbonyl (C=O) groups excluding carboxylic acids is 2. The molecule has 0 spiro atoms. The second-order valence-electron chi connectivity index (χ2n) is 7.08. The molecule has 28 heavy (non-hydrogen) atoms. The number of para-hydroxylation sites is 1. The number of nitrogens with one attached hydrogen (secondary N) is 2. The number of anilines is 1. The molecule has 1 unspecified atom stereocenters. The van der Waals surface area contributed by atoms with Crippen molar-refractivity contribution in [1.29, 1.82) is 0 Å². The van der Waals surface area contributed by atoms with Gasteiger partial charge in [-0.1, -0.05) is 32.0 Å². The van der Waals surface area contributed by atoms with Gasteiger partial charge in [0.1, 0.15) is 5.69 Å². The van der Waals surface area contributed by atoms with Crippen LogP contribution in [0.4, 0.5) is 5.69 Å². The highest BCUT2D eigenvalue weighted by molar-refractivity contribution is 8.00. The lowest BCUT2D eigenvalue weighted by molar-refractivity contribution is -0.119. The van der Waals surface area contributed by atoms with Gasteiger partial charge in [0, 0.05) is 13.1 Å². The molecule has 2 amide bonds. The lowest BCUT2D eigenvalue weighted by atomic mass is 10.1. The molecule has 0 aliphatic carbocycles. The molecule has 1 aromatic carbocycles. The number of hydrogen-bond donors (Lipinski definition) is 2. The van der Waals surface area contributed by atoms with E-state index in [9.17, 15) is 14.4 Å². The first-order valence-electron chi connectivity index (χ1n) is 9.23. The highest BCUT2D eigenvalue weighted by atomic mass is 32.2. The summed E-state index contributed by atoms with van der Waals surface area (Å²) in [5, 5.41) is 5.60. The van der Waals surface area contributed by atoms with Crippen molar-refractivity contribution in [2.24, 2.45) is 13.0 Å². The average Bonchev–Trinajstić information content (AvgIpc) is 2.85. The summed E-state index contributed by atoms with van der Waals surface area (Å²) in [6.07, 6.45) is 0. The molecule has 8 heteroatoms. The van der Waals surface area contributed by atoms with Crippen LogP contribution in [0.5, 0.6) is 0 Å². The number of benzene rings is 1. The Morgan fingerprint density at radius 3 is 2.29 bits per heavy atom. The molecular formula is C20H28N4O3S. The van der Waals surface area contributed by atoms with Crippen molar-refractivity contribution >= 4 is 29.3 Å². The minimum Gasteiger partial charge on any atom is -0.353 e. The molecule has 0 fully saturated rings. The number of rotatable bonds is 8. The van der Waals surface area contributed by atoms with Gasteiger partial charge in [0.25, 0.3) is 5.56 Å². The zero-order chi connectivity index (χ0) is 20.8. The van der Waals surface area contributed by atoms with E-state index >= 15 is 0 Å². The third-order valence-corrected chi connectivity index (χ3v) is 5.61. The summed E-state index contributed by atoms with van der Waals surface area (Å²) in [4.78, 5) is 36.9. The molecular weight excluding hydrogens is 376 g/mol. The van der Waals surface area contributed by atoms with Crippen LogP contribution in [0.1, 0.15) is 26.5 Å². The number of carbonyl (C=O) groups is 2. The fourth-order valence-corrected chi connectivity index (χ4v) is 3.21. The number of thioether (sulfide) groups is 1. The quantitative estimate of drug-likeness (QED) is 0.707. The fraction of sp³-hybridized carbons (Fsp3) is 0.450. The number of amides is 2. The summed E-state index contributed by atoms with van der Waals surface area (Å²) in [5.41, 5.74) is 1.36. The Hall–Kier alpha value is -2.48. The van der Waals surface area contributed by atoms with Crippen molar-refractivity contribution in [3.05, 3.63) is 46.4 Å². The highest BCUT2D eigenvalue weighted by Gasteiger charge is 2.18. The van der Waals surface area contributed by atoms with E-state index in [-0.39, 0.29) is 40.6 Å². The van der Waals surface area contributed by atoms with Crippen molar-refractivity contribution in [1.82, 2.24) is 14.7 Å². The van der Waals surface area contributed by atoms with Gasteiger partial charge < -0.3 is 10.6 Å². The van der Waals surface area contributed by atoms with Crippen LogP contribution in [0, 0.1) is 12.8 Å². The smallest absolute Gasteiger partial charge is 0.295 e. The van der Waals surface area contributed by atoms with Gasteiger partial charge in [0.15, 0.2) is 0 Å². The van der Waals surface area contributed by atoms with Crippen molar-refractivity contribution in [3.63, 3.8) is 0 Å². The zero-order valence-electron chi connectivity index (χ0n) is 17.0. The van der Waals surface area contributed by atoms with Gasteiger partial charge in [-0.25, -0.2) is 4.68 Å². The predicted octanol–water partition coefficient (Wildman–Crippen LogP) is 2.32. The molecule has 1 heterocycles. The molecule has 7 nitrogen and oxygen atoms in total. The maximum Gasteiger partial charge on any atom is 0.295 e. The monoisotopic (exact) mass is 404 g/mol. The molecule has 1 atom stereocenters. The van der Waals surface area contributed by atoms with E-state index in [4.69, 9.17) is 0 Å². The summed E-state index contributed by atoms with van der Waals surface area (Å²) in [6, 6.07) is 9.33. The van der Waals surface area contributed by atoms with Crippen molar-refractivity contribution in [3.8, 4) is 5.69 Å². The Morgan fingerprint density at radius 2 is 1.68 bits per heavy atom.